The van der Waals surface area contributed by atoms with Crippen molar-refractivity contribution < 1.29 is 14.3 Å². The summed E-state index contributed by atoms with van der Waals surface area (Å²) >= 11 is 2.60. The highest BCUT2D eigenvalue weighted by molar-refractivity contribution is 7.21. The maximum Gasteiger partial charge on any atom is 0.342 e. The standard InChI is InChI=1S/C30H33N3O3S2/c1-16(2)36-29(35)23-21(17-9-7-6-8-10-17)15-37-28(23)33-26(34)25-24(31)20-14-18-13-19(30(3,4)5)11-12-22(18)32-27(20)38-25/h6-10,14-16,19H,11-13,31H2,1-5H3,(H,33,34). The number of nitrogen functional groups attached to an aromatic ring is 1. The first kappa shape index (κ1) is 26.4. The number of fused-ring (bicyclic) bond motifs is 2. The number of carbonyl (C=O) groups is 2. The van der Waals surface area contributed by atoms with Gasteiger partial charge >= 0.3 is 5.97 Å². The lowest BCUT2D eigenvalue weighted by molar-refractivity contribution is 0.0380. The zero-order valence-electron chi connectivity index (χ0n) is 22.4. The summed E-state index contributed by atoms with van der Waals surface area (Å²) in [7, 11) is 0. The fourth-order valence-electron chi connectivity index (χ4n) is 5.01. The molecule has 1 aromatic carbocycles. The van der Waals surface area contributed by atoms with Gasteiger partial charge in [0, 0.05) is 22.0 Å². The number of pyridine rings is 1. The van der Waals surface area contributed by atoms with Gasteiger partial charge in [0.05, 0.1) is 11.8 Å². The molecule has 0 saturated carbocycles. The van der Waals surface area contributed by atoms with E-state index in [0.29, 0.717) is 27.0 Å². The molecule has 1 atom stereocenters. The number of hydrogen-bond donors (Lipinski definition) is 2. The van der Waals surface area contributed by atoms with Crippen molar-refractivity contribution in [3.8, 4) is 11.1 Å². The lowest BCUT2D eigenvalue weighted by atomic mass is 9.71. The summed E-state index contributed by atoms with van der Waals surface area (Å²) in [5, 5.41) is 6.09. The average Bonchev–Trinajstić information content (AvgIpc) is 3.43. The molecular formula is C30H33N3O3S2. The van der Waals surface area contributed by atoms with Gasteiger partial charge < -0.3 is 15.8 Å². The zero-order chi connectivity index (χ0) is 27.2. The maximum atomic E-state index is 13.5. The number of carbonyl (C=O) groups excluding carboxylic acids is 2. The molecule has 6 nitrogen and oxygen atoms in total. The Morgan fingerprint density at radius 2 is 1.92 bits per heavy atom. The van der Waals surface area contributed by atoms with Crippen molar-refractivity contribution in [1.29, 1.82) is 0 Å². The Morgan fingerprint density at radius 3 is 2.61 bits per heavy atom. The molecule has 1 aliphatic carbocycles. The van der Waals surface area contributed by atoms with Crippen LogP contribution in [0.5, 0.6) is 0 Å². The van der Waals surface area contributed by atoms with Gasteiger partial charge in [0.25, 0.3) is 5.91 Å². The summed E-state index contributed by atoms with van der Waals surface area (Å²) in [6.45, 7) is 10.5. The molecule has 3 N–H and O–H groups in total. The second kappa shape index (κ2) is 10.2. The molecule has 3 aromatic heterocycles. The average molecular weight is 548 g/mol. The van der Waals surface area contributed by atoms with Crippen LogP contribution in [0, 0.1) is 11.3 Å². The van der Waals surface area contributed by atoms with Crippen molar-refractivity contribution in [2.75, 3.05) is 11.1 Å². The molecule has 0 radical (unpaired) electrons. The molecule has 0 saturated heterocycles. The third-order valence-corrected chi connectivity index (χ3v) is 9.18. The minimum absolute atomic E-state index is 0.228. The fraction of sp³-hybridized carbons (Fsp3) is 0.367. The number of hydrogen-bond acceptors (Lipinski definition) is 7. The van der Waals surface area contributed by atoms with E-state index < -0.39 is 5.97 Å². The molecule has 0 fully saturated rings. The van der Waals surface area contributed by atoms with Gasteiger partial charge in [0.2, 0.25) is 0 Å². The Labute approximate surface area is 231 Å². The Balaban J connectivity index is 1.48. The normalized spacial score (nSPS) is 15.5. The van der Waals surface area contributed by atoms with Crippen molar-refractivity contribution in [1.82, 2.24) is 4.98 Å². The van der Waals surface area contributed by atoms with Crippen LogP contribution in [-0.4, -0.2) is 23.0 Å². The summed E-state index contributed by atoms with van der Waals surface area (Å²) in [6, 6.07) is 11.7. The van der Waals surface area contributed by atoms with Crippen molar-refractivity contribution >= 4 is 55.5 Å². The summed E-state index contributed by atoms with van der Waals surface area (Å²) < 4.78 is 5.53. The first-order valence-corrected chi connectivity index (χ1v) is 14.6. The molecule has 8 heteroatoms. The molecule has 5 rings (SSSR count). The highest BCUT2D eigenvalue weighted by atomic mass is 32.1. The van der Waals surface area contributed by atoms with Crippen LogP contribution in [0.15, 0.2) is 41.8 Å². The van der Waals surface area contributed by atoms with Crippen LogP contribution in [0.2, 0.25) is 0 Å². The minimum Gasteiger partial charge on any atom is -0.459 e. The molecule has 1 unspecified atom stereocenters. The predicted molar refractivity (Wildman–Crippen MR) is 157 cm³/mol. The van der Waals surface area contributed by atoms with Crippen LogP contribution >= 0.6 is 22.7 Å². The molecule has 4 aromatic rings. The number of esters is 1. The number of rotatable bonds is 5. The summed E-state index contributed by atoms with van der Waals surface area (Å²) in [5.74, 6) is -0.239. The SMILES string of the molecule is CC(C)OC(=O)c1c(-c2ccccc2)csc1NC(=O)c1sc2nc3c(cc2c1N)CC(C(C)(C)C)CC3. The number of nitrogens with zero attached hydrogens (tertiary/aromatic N) is 1. The van der Waals surface area contributed by atoms with E-state index in [1.54, 1.807) is 13.8 Å². The molecule has 1 aliphatic rings. The molecule has 38 heavy (non-hydrogen) atoms. The van der Waals surface area contributed by atoms with E-state index in [4.69, 9.17) is 15.5 Å². The second-order valence-electron chi connectivity index (χ2n) is 11.2. The predicted octanol–water partition coefficient (Wildman–Crippen LogP) is 7.58. The largest absolute Gasteiger partial charge is 0.459 e. The Kier molecular flexibility index (Phi) is 7.05. The highest BCUT2D eigenvalue weighted by Crippen LogP contribution is 2.41. The number of amides is 1. The third kappa shape index (κ3) is 5.07. The van der Waals surface area contributed by atoms with Gasteiger partial charge in [0.1, 0.15) is 20.3 Å². The van der Waals surface area contributed by atoms with Gasteiger partial charge in [-0.15, -0.1) is 22.7 Å². The lowest BCUT2D eigenvalue weighted by Gasteiger charge is -2.34. The van der Waals surface area contributed by atoms with E-state index in [1.165, 1.54) is 28.2 Å². The van der Waals surface area contributed by atoms with Crippen LogP contribution in [0.3, 0.4) is 0 Å². The van der Waals surface area contributed by atoms with Crippen LogP contribution in [0.4, 0.5) is 10.7 Å². The lowest BCUT2D eigenvalue weighted by Crippen LogP contribution is -2.27. The quantitative estimate of drug-likeness (QED) is 0.251. The first-order chi connectivity index (χ1) is 18.0. The van der Waals surface area contributed by atoms with Crippen molar-refractivity contribution in [2.24, 2.45) is 11.3 Å². The summed E-state index contributed by atoms with van der Waals surface area (Å²) in [6.07, 6.45) is 2.73. The number of anilines is 2. The van der Waals surface area contributed by atoms with E-state index >= 15 is 0 Å². The van der Waals surface area contributed by atoms with Crippen molar-refractivity contribution in [2.45, 2.75) is 60.0 Å². The van der Waals surface area contributed by atoms with Crippen LogP contribution < -0.4 is 11.1 Å². The Bertz CT molecular complexity index is 1510. The molecule has 0 spiro atoms. The van der Waals surface area contributed by atoms with E-state index in [1.807, 2.05) is 35.7 Å². The van der Waals surface area contributed by atoms with E-state index in [-0.39, 0.29) is 17.4 Å². The number of nitrogens with two attached hydrogens (primary N) is 1. The van der Waals surface area contributed by atoms with Gasteiger partial charge in [-0.3, -0.25) is 4.79 Å². The number of nitrogens with one attached hydrogen (secondary N) is 1. The van der Waals surface area contributed by atoms with Crippen LogP contribution in [0.1, 0.15) is 72.3 Å². The summed E-state index contributed by atoms with van der Waals surface area (Å²) in [4.78, 5) is 32.7. The van der Waals surface area contributed by atoms with Gasteiger partial charge in [-0.05, 0) is 61.6 Å². The number of aromatic nitrogens is 1. The third-order valence-electron chi connectivity index (χ3n) is 7.17. The molecular weight excluding hydrogens is 514 g/mol. The highest BCUT2D eigenvalue weighted by Gasteiger charge is 2.31. The van der Waals surface area contributed by atoms with Crippen molar-refractivity contribution in [3.05, 3.63) is 63.5 Å². The second-order valence-corrected chi connectivity index (χ2v) is 13.1. The fourth-order valence-corrected chi connectivity index (χ4v) is 6.96. The maximum absolute atomic E-state index is 13.5. The molecule has 198 valence electrons. The Hall–Kier alpha value is -3.23. The van der Waals surface area contributed by atoms with E-state index in [0.717, 1.165) is 46.3 Å². The van der Waals surface area contributed by atoms with Crippen molar-refractivity contribution in [3.63, 3.8) is 0 Å². The van der Waals surface area contributed by atoms with E-state index in [2.05, 4.69) is 32.2 Å². The number of benzene rings is 1. The van der Waals surface area contributed by atoms with Gasteiger partial charge in [0.15, 0.2) is 0 Å². The first-order valence-electron chi connectivity index (χ1n) is 12.9. The molecule has 0 aliphatic heterocycles. The number of ether oxygens (including phenoxy) is 1. The summed E-state index contributed by atoms with van der Waals surface area (Å²) in [5.41, 5.74) is 11.5. The smallest absolute Gasteiger partial charge is 0.342 e. The molecule has 3 heterocycles. The molecule has 1 amide bonds. The van der Waals surface area contributed by atoms with E-state index in [9.17, 15) is 9.59 Å². The van der Waals surface area contributed by atoms with Gasteiger partial charge in [-0.25, -0.2) is 9.78 Å². The van der Waals surface area contributed by atoms with Gasteiger partial charge in [-0.1, -0.05) is 51.1 Å². The number of thiophene rings is 2. The number of aryl methyl sites for hydroxylation is 1. The van der Waals surface area contributed by atoms with Crippen LogP contribution in [-0.2, 0) is 17.6 Å². The van der Waals surface area contributed by atoms with Crippen LogP contribution in [0.25, 0.3) is 21.3 Å². The molecule has 0 bridgehead atoms. The topological polar surface area (TPSA) is 94.3 Å². The monoisotopic (exact) mass is 547 g/mol. The minimum atomic E-state index is -0.470. The Morgan fingerprint density at radius 1 is 1.18 bits per heavy atom. The van der Waals surface area contributed by atoms with Gasteiger partial charge in [-0.2, -0.15) is 0 Å². The zero-order valence-corrected chi connectivity index (χ0v) is 24.0.